The summed E-state index contributed by atoms with van der Waals surface area (Å²) in [6.45, 7) is 4.67. The highest BCUT2D eigenvalue weighted by molar-refractivity contribution is 5.87. The second kappa shape index (κ2) is 5.76. The fourth-order valence-electron chi connectivity index (χ4n) is 2.33. The number of carboxylic acid groups (broad SMARTS) is 1. The zero-order valence-corrected chi connectivity index (χ0v) is 12.7. The highest BCUT2D eigenvalue weighted by Crippen LogP contribution is 2.49. The lowest BCUT2D eigenvalue weighted by atomic mass is 10.00. The Kier molecular flexibility index (Phi) is 4.21. The van der Waals surface area contributed by atoms with Crippen molar-refractivity contribution in [1.82, 2.24) is 10.2 Å². The third-order valence-corrected chi connectivity index (χ3v) is 4.59. The molecule has 2 rings (SSSR count). The molecule has 5 nitrogen and oxygen atoms in total. The van der Waals surface area contributed by atoms with Crippen molar-refractivity contribution in [2.24, 2.45) is 5.41 Å². The van der Waals surface area contributed by atoms with E-state index in [-0.39, 0.29) is 23.1 Å². The highest BCUT2D eigenvalue weighted by atomic mass is 16.4. The molecule has 2 N–H and O–H groups in total. The molecule has 2 amide bonds. The quantitative estimate of drug-likeness (QED) is 0.876. The number of amides is 2. The van der Waals surface area contributed by atoms with E-state index in [0.29, 0.717) is 6.54 Å². The lowest BCUT2D eigenvalue weighted by Gasteiger charge is -2.30. The standard InChI is InChI=1S/C16H22N2O3/c1-11(16(2)8-9-16)18(3)15(21)17-10-12-4-6-13(7-5-12)14(19)20/h4-7,11H,8-10H2,1-3H3,(H,17,21)(H,19,20). The fraction of sp³-hybridized carbons (Fsp3) is 0.500. The molecule has 1 aliphatic carbocycles. The van der Waals surface area contributed by atoms with Crippen molar-refractivity contribution < 1.29 is 14.7 Å². The number of carboxylic acids is 1. The van der Waals surface area contributed by atoms with Gasteiger partial charge in [0.05, 0.1) is 5.56 Å². The van der Waals surface area contributed by atoms with Gasteiger partial charge in [-0.2, -0.15) is 0 Å². The first-order valence-corrected chi connectivity index (χ1v) is 7.16. The first kappa shape index (κ1) is 15.4. The van der Waals surface area contributed by atoms with Gasteiger partial charge in [-0.1, -0.05) is 19.1 Å². The van der Waals surface area contributed by atoms with Gasteiger partial charge in [0.2, 0.25) is 0 Å². The van der Waals surface area contributed by atoms with Gasteiger partial charge in [0, 0.05) is 19.6 Å². The normalized spacial score (nSPS) is 16.9. The van der Waals surface area contributed by atoms with Gasteiger partial charge in [0.1, 0.15) is 0 Å². The van der Waals surface area contributed by atoms with Gasteiger partial charge in [-0.25, -0.2) is 9.59 Å². The molecule has 0 radical (unpaired) electrons. The van der Waals surface area contributed by atoms with E-state index in [0.717, 1.165) is 5.56 Å². The molecule has 1 aromatic rings. The van der Waals surface area contributed by atoms with E-state index in [4.69, 9.17) is 5.11 Å². The lowest BCUT2D eigenvalue weighted by molar-refractivity contribution is 0.0697. The Balaban J connectivity index is 1.87. The van der Waals surface area contributed by atoms with Crippen molar-refractivity contribution >= 4 is 12.0 Å². The van der Waals surface area contributed by atoms with Crippen LogP contribution in [-0.4, -0.2) is 35.1 Å². The minimum Gasteiger partial charge on any atom is -0.478 e. The molecular formula is C16H22N2O3. The zero-order chi connectivity index (χ0) is 15.6. The first-order valence-electron chi connectivity index (χ1n) is 7.16. The molecule has 114 valence electrons. The summed E-state index contributed by atoms with van der Waals surface area (Å²) in [5.74, 6) is -0.947. The lowest BCUT2D eigenvalue weighted by Crippen LogP contribution is -2.45. The molecule has 1 atom stereocenters. The molecule has 1 fully saturated rings. The summed E-state index contributed by atoms with van der Waals surface area (Å²) in [6, 6.07) is 6.64. The number of benzene rings is 1. The number of aromatic carboxylic acids is 1. The van der Waals surface area contributed by atoms with Crippen LogP contribution < -0.4 is 5.32 Å². The summed E-state index contributed by atoms with van der Waals surface area (Å²) >= 11 is 0. The molecular weight excluding hydrogens is 268 g/mol. The SMILES string of the molecule is CC(N(C)C(=O)NCc1ccc(C(=O)O)cc1)C1(C)CC1. The molecule has 1 saturated carbocycles. The number of hydrogen-bond acceptors (Lipinski definition) is 2. The minimum atomic E-state index is -0.947. The van der Waals surface area contributed by atoms with Gasteiger partial charge in [0.25, 0.3) is 0 Å². The van der Waals surface area contributed by atoms with Gasteiger partial charge in [-0.3, -0.25) is 0 Å². The Hall–Kier alpha value is -2.04. The van der Waals surface area contributed by atoms with Crippen molar-refractivity contribution in [2.75, 3.05) is 7.05 Å². The molecule has 0 spiro atoms. The number of nitrogens with zero attached hydrogens (tertiary/aromatic N) is 1. The topological polar surface area (TPSA) is 69.6 Å². The predicted octanol–water partition coefficient (Wildman–Crippen LogP) is 2.71. The first-order chi connectivity index (χ1) is 9.83. The molecule has 5 heteroatoms. The van der Waals surface area contributed by atoms with Gasteiger partial charge in [-0.05, 0) is 42.9 Å². The van der Waals surface area contributed by atoms with E-state index >= 15 is 0 Å². The van der Waals surface area contributed by atoms with E-state index in [1.165, 1.54) is 12.8 Å². The fourth-order valence-corrected chi connectivity index (χ4v) is 2.33. The Labute approximate surface area is 125 Å². The summed E-state index contributed by atoms with van der Waals surface area (Å²) in [7, 11) is 1.82. The van der Waals surface area contributed by atoms with Crippen LogP contribution in [0, 0.1) is 5.41 Å². The summed E-state index contributed by atoms with van der Waals surface area (Å²) in [5, 5.41) is 11.7. The summed E-state index contributed by atoms with van der Waals surface area (Å²) in [5.41, 5.74) is 1.39. The van der Waals surface area contributed by atoms with Crippen LogP contribution in [0.15, 0.2) is 24.3 Å². The van der Waals surface area contributed by atoms with Gasteiger partial charge in [-0.15, -0.1) is 0 Å². The van der Waals surface area contributed by atoms with Crippen molar-refractivity contribution in [3.8, 4) is 0 Å². The van der Waals surface area contributed by atoms with Crippen LogP contribution in [0.1, 0.15) is 42.6 Å². The molecule has 0 saturated heterocycles. The average Bonchev–Trinajstić information content (AvgIpc) is 3.22. The second-order valence-electron chi connectivity index (χ2n) is 6.10. The molecule has 1 aromatic carbocycles. The van der Waals surface area contributed by atoms with Gasteiger partial charge < -0.3 is 15.3 Å². The third kappa shape index (κ3) is 3.54. The molecule has 0 aliphatic heterocycles. The average molecular weight is 290 g/mol. The number of nitrogens with one attached hydrogen (secondary N) is 1. The van der Waals surface area contributed by atoms with Crippen molar-refractivity contribution in [1.29, 1.82) is 0 Å². The van der Waals surface area contributed by atoms with E-state index in [2.05, 4.69) is 19.2 Å². The van der Waals surface area contributed by atoms with Gasteiger partial charge >= 0.3 is 12.0 Å². The maximum absolute atomic E-state index is 12.1. The van der Waals surface area contributed by atoms with E-state index in [1.54, 1.807) is 29.2 Å². The van der Waals surface area contributed by atoms with Crippen molar-refractivity contribution in [3.63, 3.8) is 0 Å². The van der Waals surface area contributed by atoms with E-state index < -0.39 is 5.97 Å². The number of carbonyl (C=O) groups is 2. The smallest absolute Gasteiger partial charge is 0.335 e. The third-order valence-electron chi connectivity index (χ3n) is 4.59. The van der Waals surface area contributed by atoms with E-state index in [1.807, 2.05) is 7.05 Å². The maximum atomic E-state index is 12.1. The van der Waals surface area contributed by atoms with Crippen LogP contribution >= 0.6 is 0 Å². The summed E-state index contributed by atoms with van der Waals surface area (Å²) in [6.07, 6.45) is 2.34. The summed E-state index contributed by atoms with van der Waals surface area (Å²) < 4.78 is 0. The van der Waals surface area contributed by atoms with Crippen molar-refractivity contribution in [2.45, 2.75) is 39.3 Å². The Bertz CT molecular complexity index is 535. The number of rotatable bonds is 5. The van der Waals surface area contributed by atoms with Gasteiger partial charge in [0.15, 0.2) is 0 Å². The molecule has 1 unspecified atom stereocenters. The second-order valence-corrected chi connectivity index (χ2v) is 6.10. The van der Waals surface area contributed by atoms with Crippen LogP contribution in [0.5, 0.6) is 0 Å². The number of hydrogen-bond donors (Lipinski definition) is 2. The Morgan fingerprint density at radius 3 is 2.38 bits per heavy atom. The van der Waals surface area contributed by atoms with Crippen LogP contribution in [0.4, 0.5) is 4.79 Å². The largest absolute Gasteiger partial charge is 0.478 e. The molecule has 0 heterocycles. The Morgan fingerprint density at radius 2 is 1.90 bits per heavy atom. The number of carbonyl (C=O) groups excluding carboxylic acids is 1. The molecule has 21 heavy (non-hydrogen) atoms. The minimum absolute atomic E-state index is 0.0991. The van der Waals surface area contributed by atoms with Crippen molar-refractivity contribution in [3.05, 3.63) is 35.4 Å². The van der Waals surface area contributed by atoms with Crippen LogP contribution in [0.3, 0.4) is 0 Å². The molecule has 0 aromatic heterocycles. The van der Waals surface area contributed by atoms with E-state index in [9.17, 15) is 9.59 Å². The zero-order valence-electron chi connectivity index (χ0n) is 12.7. The highest BCUT2D eigenvalue weighted by Gasteiger charge is 2.45. The van der Waals surface area contributed by atoms with Crippen LogP contribution in [-0.2, 0) is 6.54 Å². The monoisotopic (exact) mass is 290 g/mol. The number of urea groups is 1. The van der Waals surface area contributed by atoms with Crippen LogP contribution in [0.25, 0.3) is 0 Å². The summed E-state index contributed by atoms with van der Waals surface area (Å²) in [4.78, 5) is 24.6. The molecule has 1 aliphatic rings. The Morgan fingerprint density at radius 1 is 1.33 bits per heavy atom. The maximum Gasteiger partial charge on any atom is 0.335 e. The predicted molar refractivity (Wildman–Crippen MR) is 80.2 cm³/mol. The van der Waals surface area contributed by atoms with Crippen LogP contribution in [0.2, 0.25) is 0 Å². The molecule has 0 bridgehead atoms.